The molecule has 0 fully saturated rings. The first-order valence-electron chi connectivity index (χ1n) is 4.93. The van der Waals surface area contributed by atoms with E-state index in [-0.39, 0.29) is 11.5 Å². The van der Waals surface area contributed by atoms with Gasteiger partial charge < -0.3 is 0 Å². The third-order valence-electron chi connectivity index (χ3n) is 2.59. The van der Waals surface area contributed by atoms with Gasteiger partial charge in [0, 0.05) is 11.8 Å². The molecule has 4 nitrogen and oxygen atoms in total. The number of rotatable bonds is 2. The topological polar surface area (TPSA) is 59.4 Å². The molecule has 80 valence electrons. The van der Waals surface area contributed by atoms with Gasteiger partial charge in [-0.15, -0.1) is 4.91 Å². The monoisotopic (exact) mass is 214 g/mol. The van der Waals surface area contributed by atoms with Gasteiger partial charge in [0.2, 0.25) is 0 Å². The van der Waals surface area contributed by atoms with Crippen LogP contribution in [0.25, 0.3) is 5.57 Å². The number of nitroso groups, excluding NO2 is 1. The molecule has 0 unspecified atom stereocenters. The summed E-state index contributed by atoms with van der Waals surface area (Å²) in [5, 5.41) is 2.90. The van der Waals surface area contributed by atoms with Crippen molar-refractivity contribution in [2.24, 2.45) is 5.18 Å². The van der Waals surface area contributed by atoms with E-state index in [1.165, 1.54) is 12.3 Å². The molecule has 16 heavy (non-hydrogen) atoms. The molecule has 1 aromatic heterocycles. The van der Waals surface area contributed by atoms with Gasteiger partial charge in [-0.3, -0.25) is 9.78 Å². The normalized spacial score (nSPS) is 15.9. The van der Waals surface area contributed by atoms with Crippen molar-refractivity contribution in [3.8, 4) is 0 Å². The van der Waals surface area contributed by atoms with Gasteiger partial charge >= 0.3 is 0 Å². The molecule has 0 saturated carbocycles. The number of hydrogen-bond acceptors (Lipinski definition) is 4. The lowest BCUT2D eigenvalue weighted by Gasteiger charge is -2.14. The summed E-state index contributed by atoms with van der Waals surface area (Å²) in [5.41, 5.74) is 2.40. The third-order valence-corrected chi connectivity index (χ3v) is 2.59. The first-order chi connectivity index (χ1) is 7.72. The summed E-state index contributed by atoms with van der Waals surface area (Å²) >= 11 is 0. The molecule has 1 aliphatic rings. The van der Waals surface area contributed by atoms with Crippen LogP contribution in [0.4, 0.5) is 5.69 Å². The van der Waals surface area contributed by atoms with E-state index in [1.807, 2.05) is 0 Å². The summed E-state index contributed by atoms with van der Waals surface area (Å²) in [6.07, 6.45) is 5.84. The fourth-order valence-corrected chi connectivity index (χ4v) is 1.68. The maximum atomic E-state index is 11.5. The molecule has 0 atom stereocenters. The Bertz CT molecular complexity index is 503. The van der Waals surface area contributed by atoms with E-state index < -0.39 is 0 Å². The summed E-state index contributed by atoms with van der Waals surface area (Å²) < 4.78 is 0. The van der Waals surface area contributed by atoms with Crippen molar-refractivity contribution >= 4 is 17.0 Å². The van der Waals surface area contributed by atoms with Crippen LogP contribution in [0, 0.1) is 4.91 Å². The SMILES string of the molecule is C=C1CCC(c2ccncc2N=O)=CC1=O. The fraction of sp³-hybridized carbons (Fsp3) is 0.167. The molecule has 2 rings (SSSR count). The lowest BCUT2D eigenvalue weighted by atomic mass is 9.90. The second-order valence-corrected chi connectivity index (χ2v) is 3.62. The molecule has 0 radical (unpaired) electrons. The minimum absolute atomic E-state index is 0.0742. The van der Waals surface area contributed by atoms with Gasteiger partial charge in [0.05, 0.1) is 6.20 Å². The summed E-state index contributed by atoms with van der Waals surface area (Å²) in [6, 6.07) is 1.70. The van der Waals surface area contributed by atoms with Crippen molar-refractivity contribution in [2.45, 2.75) is 12.8 Å². The molecule has 0 aliphatic heterocycles. The summed E-state index contributed by atoms with van der Waals surface area (Å²) in [6.45, 7) is 3.67. The lowest BCUT2D eigenvalue weighted by Crippen LogP contribution is -2.05. The predicted molar refractivity (Wildman–Crippen MR) is 61.1 cm³/mol. The van der Waals surface area contributed by atoms with Crippen molar-refractivity contribution < 1.29 is 4.79 Å². The molecule has 4 heteroatoms. The lowest BCUT2D eigenvalue weighted by molar-refractivity contribution is -0.111. The number of carbonyl (C=O) groups is 1. The van der Waals surface area contributed by atoms with Gasteiger partial charge in [0.1, 0.15) is 5.69 Å². The maximum Gasteiger partial charge on any atom is 0.181 e. The van der Waals surface area contributed by atoms with Crippen molar-refractivity contribution in [1.29, 1.82) is 0 Å². The molecule has 0 N–H and O–H groups in total. The van der Waals surface area contributed by atoms with E-state index in [2.05, 4.69) is 16.7 Å². The van der Waals surface area contributed by atoms with Crippen LogP contribution in [0.1, 0.15) is 18.4 Å². The van der Waals surface area contributed by atoms with E-state index in [9.17, 15) is 9.70 Å². The van der Waals surface area contributed by atoms with E-state index in [4.69, 9.17) is 0 Å². The van der Waals surface area contributed by atoms with Crippen LogP contribution in [-0.4, -0.2) is 10.8 Å². The van der Waals surface area contributed by atoms with Crippen LogP contribution in [0.3, 0.4) is 0 Å². The second kappa shape index (κ2) is 4.18. The minimum Gasteiger partial charge on any atom is -0.290 e. The Morgan fingerprint density at radius 1 is 1.38 bits per heavy atom. The highest BCUT2D eigenvalue weighted by atomic mass is 16.3. The Kier molecular flexibility index (Phi) is 2.72. The van der Waals surface area contributed by atoms with Crippen LogP contribution >= 0.6 is 0 Å². The number of ketones is 1. The zero-order valence-electron chi connectivity index (χ0n) is 8.64. The fourth-order valence-electron chi connectivity index (χ4n) is 1.68. The number of allylic oxidation sites excluding steroid dienone is 3. The van der Waals surface area contributed by atoms with Gasteiger partial charge in [-0.25, -0.2) is 0 Å². The molecule has 1 aliphatic carbocycles. The highest BCUT2D eigenvalue weighted by molar-refractivity contribution is 6.09. The molecule has 0 bridgehead atoms. The van der Waals surface area contributed by atoms with Crippen molar-refractivity contribution in [1.82, 2.24) is 4.98 Å². The molecule has 0 aromatic carbocycles. The van der Waals surface area contributed by atoms with Crippen LogP contribution in [0.5, 0.6) is 0 Å². The second-order valence-electron chi connectivity index (χ2n) is 3.62. The molecule has 0 amide bonds. The van der Waals surface area contributed by atoms with Gasteiger partial charge in [-0.1, -0.05) is 6.58 Å². The highest BCUT2D eigenvalue weighted by Gasteiger charge is 2.17. The molecule has 1 aromatic rings. The number of pyridine rings is 1. The Morgan fingerprint density at radius 3 is 2.88 bits per heavy atom. The number of carbonyl (C=O) groups excluding carboxylic acids is 1. The first-order valence-corrected chi connectivity index (χ1v) is 4.93. The Hall–Kier alpha value is -2.10. The Balaban J connectivity index is 2.45. The standard InChI is InChI=1S/C12H10N2O2/c1-8-2-3-9(6-12(8)15)10-4-5-13-7-11(10)14-16/h4-7H,1-3H2. The predicted octanol–water partition coefficient (Wildman–Crippen LogP) is 2.78. The molecular formula is C12H10N2O2. The summed E-state index contributed by atoms with van der Waals surface area (Å²) in [7, 11) is 0. The average molecular weight is 214 g/mol. The van der Waals surface area contributed by atoms with Gasteiger partial charge in [-0.2, -0.15) is 0 Å². The first kappa shape index (κ1) is 10.4. The van der Waals surface area contributed by atoms with Gasteiger partial charge in [0.15, 0.2) is 5.78 Å². The molecule has 1 heterocycles. The third kappa shape index (κ3) is 1.82. The van der Waals surface area contributed by atoms with E-state index >= 15 is 0 Å². The minimum atomic E-state index is -0.0742. The van der Waals surface area contributed by atoms with Gasteiger partial charge in [-0.05, 0) is 41.3 Å². The molecule has 0 saturated heterocycles. The van der Waals surface area contributed by atoms with Crippen LogP contribution in [-0.2, 0) is 4.79 Å². The van der Waals surface area contributed by atoms with E-state index in [0.29, 0.717) is 24.0 Å². The van der Waals surface area contributed by atoms with Crippen LogP contribution in [0.15, 0.2) is 41.9 Å². The van der Waals surface area contributed by atoms with Gasteiger partial charge in [0.25, 0.3) is 0 Å². The summed E-state index contributed by atoms with van der Waals surface area (Å²) in [5.74, 6) is -0.0742. The van der Waals surface area contributed by atoms with Crippen molar-refractivity contribution in [3.05, 3.63) is 47.2 Å². The van der Waals surface area contributed by atoms with Crippen molar-refractivity contribution in [3.63, 3.8) is 0 Å². The number of aromatic nitrogens is 1. The molecule has 0 spiro atoms. The summed E-state index contributed by atoms with van der Waals surface area (Å²) in [4.78, 5) is 25.9. The Labute approximate surface area is 92.7 Å². The van der Waals surface area contributed by atoms with E-state index in [1.54, 1.807) is 12.3 Å². The maximum absolute atomic E-state index is 11.5. The number of hydrogen-bond donors (Lipinski definition) is 0. The zero-order chi connectivity index (χ0) is 11.5. The zero-order valence-corrected chi connectivity index (χ0v) is 8.64. The Morgan fingerprint density at radius 2 is 2.19 bits per heavy atom. The van der Waals surface area contributed by atoms with Crippen molar-refractivity contribution in [2.75, 3.05) is 0 Å². The smallest absolute Gasteiger partial charge is 0.181 e. The van der Waals surface area contributed by atoms with E-state index in [0.717, 1.165) is 5.57 Å². The van der Waals surface area contributed by atoms with Crippen LogP contribution < -0.4 is 0 Å². The molecular weight excluding hydrogens is 204 g/mol. The number of nitrogens with zero attached hydrogens (tertiary/aromatic N) is 2. The average Bonchev–Trinajstić information content (AvgIpc) is 2.32. The highest BCUT2D eigenvalue weighted by Crippen LogP contribution is 2.32. The van der Waals surface area contributed by atoms with Crippen LogP contribution in [0.2, 0.25) is 0 Å². The largest absolute Gasteiger partial charge is 0.290 e. The quantitative estimate of drug-likeness (QED) is 0.561.